The van der Waals surface area contributed by atoms with E-state index < -0.39 is 27.7 Å². The van der Waals surface area contributed by atoms with E-state index in [2.05, 4.69) is 4.72 Å². The summed E-state index contributed by atoms with van der Waals surface area (Å²) in [6.45, 7) is 9.62. The summed E-state index contributed by atoms with van der Waals surface area (Å²) in [5, 5.41) is 11.4. The summed E-state index contributed by atoms with van der Waals surface area (Å²) in [7, 11) is -3.89. The first-order valence-electron chi connectivity index (χ1n) is 12.9. The third-order valence-corrected chi connectivity index (χ3v) is 7.48. The van der Waals surface area contributed by atoms with Crippen LogP contribution in [0.4, 0.5) is 5.69 Å². The molecule has 206 valence electrons. The molecule has 3 aromatic rings. The van der Waals surface area contributed by atoms with Crippen molar-refractivity contribution in [1.29, 1.82) is 0 Å². The second-order valence-corrected chi connectivity index (χ2v) is 12.3. The molecule has 0 saturated carbocycles. The lowest BCUT2D eigenvalue weighted by Gasteiger charge is -2.30. The number of carboxylic acids is 1. The van der Waals surface area contributed by atoms with Crippen molar-refractivity contribution < 1.29 is 27.8 Å². The molecule has 0 aliphatic carbocycles. The number of nitrogens with one attached hydrogen (secondary N) is 1. The van der Waals surface area contributed by atoms with Crippen molar-refractivity contribution in [2.24, 2.45) is 0 Å². The van der Waals surface area contributed by atoms with E-state index in [0.29, 0.717) is 29.0 Å². The third-order valence-electron chi connectivity index (χ3n) is 6.48. The Bertz CT molecular complexity index is 1500. The molecule has 7 nitrogen and oxygen atoms in total. The zero-order valence-electron chi connectivity index (χ0n) is 22.9. The van der Waals surface area contributed by atoms with E-state index in [1.807, 2.05) is 43.3 Å². The Morgan fingerprint density at radius 3 is 2.49 bits per heavy atom. The first-order valence-corrected chi connectivity index (χ1v) is 14.5. The summed E-state index contributed by atoms with van der Waals surface area (Å²) in [5.41, 5.74) is 4.50. The number of anilines is 1. The van der Waals surface area contributed by atoms with E-state index in [0.717, 1.165) is 46.3 Å². The fourth-order valence-electron chi connectivity index (χ4n) is 4.78. The van der Waals surface area contributed by atoms with Gasteiger partial charge in [-0.2, -0.15) is 0 Å². The molecule has 1 aliphatic heterocycles. The molecule has 0 spiro atoms. The Kier molecular flexibility index (Phi) is 8.18. The first kappa shape index (κ1) is 28.4. The van der Waals surface area contributed by atoms with Gasteiger partial charge in [0, 0.05) is 5.56 Å². The van der Waals surface area contributed by atoms with Gasteiger partial charge in [0.25, 0.3) is 10.0 Å². The van der Waals surface area contributed by atoms with Crippen LogP contribution in [0.1, 0.15) is 61.1 Å². The number of hydrogen-bond acceptors (Lipinski definition) is 5. The van der Waals surface area contributed by atoms with Gasteiger partial charge in [-0.05, 0) is 105 Å². The van der Waals surface area contributed by atoms with Gasteiger partial charge >= 0.3 is 5.97 Å². The summed E-state index contributed by atoms with van der Waals surface area (Å²) in [4.78, 5) is 12.6. The molecule has 0 amide bonds. The van der Waals surface area contributed by atoms with Crippen LogP contribution < -0.4 is 9.46 Å². The molecule has 39 heavy (non-hydrogen) atoms. The molecule has 4 rings (SSSR count). The molecule has 0 fully saturated rings. The number of rotatable bonds is 8. The van der Waals surface area contributed by atoms with Crippen molar-refractivity contribution in [3.63, 3.8) is 0 Å². The SMILES string of the molecule is Cc1cc(NS(=O)(=O)C=Cc2ccccc2)c(C)c(C(OC(C)(C)C)C(=O)O)c1-c1ccc2c(c1)CCCO2. The number of fused-ring (bicyclic) bond motifs is 1. The second kappa shape index (κ2) is 11.2. The highest BCUT2D eigenvalue weighted by Gasteiger charge is 2.33. The Morgan fingerprint density at radius 2 is 1.82 bits per heavy atom. The number of benzene rings is 3. The van der Waals surface area contributed by atoms with Crippen molar-refractivity contribution in [3.05, 3.63) is 87.8 Å². The molecule has 1 aliphatic rings. The van der Waals surface area contributed by atoms with Gasteiger partial charge in [-0.25, -0.2) is 13.2 Å². The van der Waals surface area contributed by atoms with Gasteiger partial charge in [0.1, 0.15) is 5.75 Å². The van der Waals surface area contributed by atoms with Crippen LogP contribution in [0, 0.1) is 13.8 Å². The number of ether oxygens (including phenoxy) is 2. The van der Waals surface area contributed by atoms with Crippen LogP contribution in [0.2, 0.25) is 0 Å². The summed E-state index contributed by atoms with van der Waals surface area (Å²) >= 11 is 0. The molecule has 1 unspecified atom stereocenters. The number of sulfonamides is 1. The average Bonchev–Trinajstić information content (AvgIpc) is 2.87. The van der Waals surface area contributed by atoms with Crippen molar-refractivity contribution in [3.8, 4) is 16.9 Å². The quantitative estimate of drug-likeness (QED) is 0.326. The van der Waals surface area contributed by atoms with E-state index in [1.54, 1.807) is 45.9 Å². The normalized spacial score (nSPS) is 14.5. The summed E-state index contributed by atoms with van der Waals surface area (Å²) < 4.78 is 40.6. The molecule has 0 saturated heterocycles. The van der Waals surface area contributed by atoms with Crippen LogP contribution in [0.15, 0.2) is 60.0 Å². The summed E-state index contributed by atoms with van der Waals surface area (Å²) in [6.07, 6.45) is 1.96. The standard InChI is InChI=1S/C31H35NO6S/c1-20-18-25(32-39(35,36)17-15-22-10-7-6-8-11-22)21(2)28(29(30(33)34)38-31(3,4)5)27(20)24-13-14-26-23(19-24)12-9-16-37-26/h6-8,10-11,13-15,17-19,29,32H,9,12,16H2,1-5H3,(H,33,34). The second-order valence-electron chi connectivity index (χ2n) is 10.7. The highest BCUT2D eigenvalue weighted by molar-refractivity contribution is 7.95. The number of carbonyl (C=O) groups is 1. The summed E-state index contributed by atoms with van der Waals surface area (Å²) in [6, 6.07) is 16.7. The zero-order chi connectivity index (χ0) is 28.4. The van der Waals surface area contributed by atoms with Crippen LogP contribution in [-0.2, 0) is 26.0 Å². The minimum absolute atomic E-state index is 0.300. The number of aliphatic carboxylic acids is 1. The van der Waals surface area contributed by atoms with Crippen molar-refractivity contribution in [2.75, 3.05) is 11.3 Å². The van der Waals surface area contributed by atoms with Gasteiger partial charge in [-0.1, -0.05) is 36.4 Å². The van der Waals surface area contributed by atoms with Gasteiger partial charge in [0.05, 0.1) is 23.3 Å². The first-order chi connectivity index (χ1) is 18.3. The van der Waals surface area contributed by atoms with Crippen molar-refractivity contribution >= 4 is 27.8 Å². The number of hydrogen-bond donors (Lipinski definition) is 2. The molecule has 1 heterocycles. The van der Waals surface area contributed by atoms with Gasteiger partial charge in [0.15, 0.2) is 6.10 Å². The Morgan fingerprint density at radius 1 is 1.10 bits per heavy atom. The molecule has 0 aromatic heterocycles. The maximum absolute atomic E-state index is 13.0. The maximum atomic E-state index is 13.0. The average molecular weight is 550 g/mol. The maximum Gasteiger partial charge on any atom is 0.337 e. The Labute approximate surface area is 230 Å². The topological polar surface area (TPSA) is 102 Å². The van der Waals surface area contributed by atoms with Gasteiger partial charge in [-0.15, -0.1) is 0 Å². The monoisotopic (exact) mass is 549 g/mol. The molecule has 0 bridgehead atoms. The van der Waals surface area contributed by atoms with E-state index in [4.69, 9.17) is 9.47 Å². The highest BCUT2D eigenvalue weighted by Crippen LogP contribution is 2.42. The number of aryl methyl sites for hydroxylation is 2. The van der Waals surface area contributed by atoms with E-state index in [1.165, 1.54) is 6.08 Å². The van der Waals surface area contributed by atoms with E-state index >= 15 is 0 Å². The molecule has 2 N–H and O–H groups in total. The Hall–Kier alpha value is -3.62. The molecule has 1 atom stereocenters. The van der Waals surface area contributed by atoms with Crippen LogP contribution in [0.3, 0.4) is 0 Å². The fraction of sp³-hybridized carbons (Fsp3) is 0.323. The van der Waals surface area contributed by atoms with Crippen LogP contribution in [0.25, 0.3) is 17.2 Å². The van der Waals surface area contributed by atoms with Crippen LogP contribution >= 0.6 is 0 Å². The van der Waals surface area contributed by atoms with Crippen LogP contribution in [0.5, 0.6) is 5.75 Å². The smallest absolute Gasteiger partial charge is 0.337 e. The molecular weight excluding hydrogens is 514 g/mol. The lowest BCUT2D eigenvalue weighted by molar-refractivity contribution is -0.160. The van der Waals surface area contributed by atoms with E-state index in [9.17, 15) is 18.3 Å². The van der Waals surface area contributed by atoms with Crippen molar-refractivity contribution in [1.82, 2.24) is 0 Å². The predicted octanol–water partition coefficient (Wildman–Crippen LogP) is 6.65. The fourth-order valence-corrected chi connectivity index (χ4v) is 5.70. The van der Waals surface area contributed by atoms with Crippen LogP contribution in [-0.4, -0.2) is 31.7 Å². The van der Waals surface area contributed by atoms with E-state index in [-0.39, 0.29) is 0 Å². The van der Waals surface area contributed by atoms with Gasteiger partial charge in [0.2, 0.25) is 0 Å². The zero-order valence-corrected chi connectivity index (χ0v) is 23.8. The Balaban J connectivity index is 1.86. The molecule has 8 heteroatoms. The van der Waals surface area contributed by atoms with Crippen molar-refractivity contribution in [2.45, 2.75) is 59.2 Å². The molecule has 0 radical (unpaired) electrons. The molecular formula is C31H35NO6S. The highest BCUT2D eigenvalue weighted by atomic mass is 32.2. The largest absolute Gasteiger partial charge is 0.493 e. The third kappa shape index (κ3) is 6.88. The van der Waals surface area contributed by atoms with Gasteiger partial charge in [-0.3, -0.25) is 4.72 Å². The minimum Gasteiger partial charge on any atom is -0.493 e. The van der Waals surface area contributed by atoms with Gasteiger partial charge < -0.3 is 14.6 Å². The lowest BCUT2D eigenvalue weighted by atomic mass is 9.86. The predicted molar refractivity (Wildman–Crippen MR) is 154 cm³/mol. The molecule has 3 aromatic carbocycles. The summed E-state index contributed by atoms with van der Waals surface area (Å²) in [5.74, 6) is -0.324. The number of carboxylic acid groups (broad SMARTS) is 1. The minimum atomic E-state index is -3.89. The lowest BCUT2D eigenvalue weighted by Crippen LogP contribution is -2.28.